The molecule has 1 unspecified atom stereocenters. The zero-order valence-electron chi connectivity index (χ0n) is 11.2. The van der Waals surface area contributed by atoms with Gasteiger partial charge in [-0.05, 0) is 30.5 Å². The Labute approximate surface area is 109 Å². The lowest BCUT2D eigenvalue weighted by Gasteiger charge is -2.12. The van der Waals surface area contributed by atoms with Crippen molar-refractivity contribution < 1.29 is 14.2 Å². The Morgan fingerprint density at radius 2 is 1.78 bits per heavy atom. The molecule has 0 radical (unpaired) electrons. The van der Waals surface area contributed by atoms with E-state index in [9.17, 15) is 0 Å². The zero-order chi connectivity index (χ0) is 13.2. The van der Waals surface area contributed by atoms with E-state index in [1.165, 1.54) is 5.56 Å². The summed E-state index contributed by atoms with van der Waals surface area (Å²) in [5, 5.41) is 0. The van der Waals surface area contributed by atoms with Crippen LogP contribution in [-0.4, -0.2) is 40.1 Å². The lowest BCUT2D eigenvalue weighted by atomic mass is 10.0. The molecule has 1 aromatic rings. The van der Waals surface area contributed by atoms with Gasteiger partial charge in [-0.25, -0.2) is 0 Å². The number of methoxy groups -OCH3 is 2. The maximum atomic E-state index is 6.05. The summed E-state index contributed by atoms with van der Waals surface area (Å²) in [7, 11) is 3.33. The van der Waals surface area contributed by atoms with Crippen LogP contribution in [0.15, 0.2) is 24.3 Å². The fourth-order valence-corrected chi connectivity index (χ4v) is 1.65. The highest BCUT2D eigenvalue weighted by atomic mass is 16.5. The first kappa shape index (κ1) is 15.0. The Kier molecular flexibility index (Phi) is 7.41. The Bertz CT molecular complexity index is 313. The highest BCUT2D eigenvalue weighted by Gasteiger charge is 2.04. The van der Waals surface area contributed by atoms with Crippen LogP contribution in [0.1, 0.15) is 12.0 Å². The Morgan fingerprint density at radius 1 is 1.06 bits per heavy atom. The molecule has 0 aromatic heterocycles. The molecule has 0 aliphatic rings. The largest absolute Gasteiger partial charge is 0.497 e. The van der Waals surface area contributed by atoms with Crippen molar-refractivity contribution in [2.75, 3.05) is 34.0 Å². The molecule has 1 rings (SSSR count). The minimum absolute atomic E-state index is 0.126. The topological polar surface area (TPSA) is 53.7 Å². The molecule has 0 aliphatic carbocycles. The molecule has 0 spiro atoms. The summed E-state index contributed by atoms with van der Waals surface area (Å²) < 4.78 is 15.4. The van der Waals surface area contributed by atoms with E-state index in [4.69, 9.17) is 19.9 Å². The van der Waals surface area contributed by atoms with Crippen LogP contribution >= 0.6 is 0 Å². The van der Waals surface area contributed by atoms with E-state index in [-0.39, 0.29) is 6.04 Å². The van der Waals surface area contributed by atoms with Crippen molar-refractivity contribution in [3.8, 4) is 5.75 Å². The van der Waals surface area contributed by atoms with Gasteiger partial charge in [0, 0.05) is 19.8 Å². The van der Waals surface area contributed by atoms with Gasteiger partial charge in [0.15, 0.2) is 0 Å². The number of hydrogen-bond donors (Lipinski definition) is 1. The van der Waals surface area contributed by atoms with Crippen LogP contribution in [0.4, 0.5) is 0 Å². The van der Waals surface area contributed by atoms with Gasteiger partial charge in [0.2, 0.25) is 0 Å². The maximum Gasteiger partial charge on any atom is 0.118 e. The molecule has 102 valence electrons. The van der Waals surface area contributed by atoms with Crippen LogP contribution in [-0.2, 0) is 15.9 Å². The van der Waals surface area contributed by atoms with Gasteiger partial charge in [-0.3, -0.25) is 0 Å². The number of hydrogen-bond acceptors (Lipinski definition) is 4. The van der Waals surface area contributed by atoms with E-state index < -0.39 is 0 Å². The first-order valence-corrected chi connectivity index (χ1v) is 6.21. The van der Waals surface area contributed by atoms with Crippen molar-refractivity contribution >= 4 is 0 Å². The standard InChI is InChI=1S/C14H23NO3/c1-16-9-10-18-8-7-13(15)11-12-3-5-14(17-2)6-4-12/h3-6,13H,7-11,15H2,1-2H3. The molecule has 0 heterocycles. The molecule has 0 saturated heterocycles. The molecule has 0 amide bonds. The van der Waals surface area contributed by atoms with Crippen LogP contribution in [0.3, 0.4) is 0 Å². The summed E-state index contributed by atoms with van der Waals surface area (Å²) in [5.74, 6) is 0.871. The van der Waals surface area contributed by atoms with E-state index in [0.717, 1.165) is 18.6 Å². The van der Waals surface area contributed by atoms with Gasteiger partial charge in [-0.2, -0.15) is 0 Å². The highest BCUT2D eigenvalue weighted by molar-refractivity contribution is 5.27. The van der Waals surface area contributed by atoms with Gasteiger partial charge >= 0.3 is 0 Å². The fraction of sp³-hybridized carbons (Fsp3) is 0.571. The average Bonchev–Trinajstić information content (AvgIpc) is 2.39. The Morgan fingerprint density at radius 3 is 2.39 bits per heavy atom. The van der Waals surface area contributed by atoms with Crippen molar-refractivity contribution in [3.05, 3.63) is 29.8 Å². The van der Waals surface area contributed by atoms with Gasteiger partial charge in [0.05, 0.1) is 20.3 Å². The lowest BCUT2D eigenvalue weighted by molar-refractivity contribution is 0.0672. The second kappa shape index (κ2) is 8.91. The maximum absolute atomic E-state index is 6.05. The number of nitrogens with two attached hydrogens (primary N) is 1. The first-order valence-electron chi connectivity index (χ1n) is 6.21. The van der Waals surface area contributed by atoms with Crippen molar-refractivity contribution in [1.82, 2.24) is 0 Å². The second-order valence-electron chi connectivity index (χ2n) is 4.21. The smallest absolute Gasteiger partial charge is 0.118 e. The number of benzene rings is 1. The molecular formula is C14H23NO3. The third-order valence-corrected chi connectivity index (χ3v) is 2.72. The van der Waals surface area contributed by atoms with Gasteiger partial charge in [0.25, 0.3) is 0 Å². The van der Waals surface area contributed by atoms with Crippen LogP contribution < -0.4 is 10.5 Å². The zero-order valence-corrected chi connectivity index (χ0v) is 11.2. The molecule has 0 bridgehead atoms. The molecular weight excluding hydrogens is 230 g/mol. The van der Waals surface area contributed by atoms with Crippen molar-refractivity contribution in [2.45, 2.75) is 18.9 Å². The summed E-state index contributed by atoms with van der Waals surface area (Å²) in [6.45, 7) is 1.94. The molecule has 0 fully saturated rings. The van der Waals surface area contributed by atoms with Crippen molar-refractivity contribution in [1.29, 1.82) is 0 Å². The van der Waals surface area contributed by atoms with E-state index in [1.54, 1.807) is 14.2 Å². The molecule has 1 aromatic carbocycles. The summed E-state index contributed by atoms with van der Waals surface area (Å²) in [5.41, 5.74) is 7.27. The van der Waals surface area contributed by atoms with E-state index in [0.29, 0.717) is 19.8 Å². The minimum Gasteiger partial charge on any atom is -0.497 e. The monoisotopic (exact) mass is 253 g/mol. The van der Waals surface area contributed by atoms with E-state index in [1.807, 2.05) is 24.3 Å². The van der Waals surface area contributed by atoms with Crippen molar-refractivity contribution in [3.63, 3.8) is 0 Å². The molecule has 0 saturated carbocycles. The highest BCUT2D eigenvalue weighted by Crippen LogP contribution is 2.12. The van der Waals surface area contributed by atoms with Crippen molar-refractivity contribution in [2.24, 2.45) is 5.73 Å². The van der Waals surface area contributed by atoms with Crippen LogP contribution in [0, 0.1) is 0 Å². The molecule has 4 heteroatoms. The Balaban J connectivity index is 2.20. The summed E-state index contributed by atoms with van der Waals surface area (Å²) in [6, 6.07) is 8.13. The summed E-state index contributed by atoms with van der Waals surface area (Å²) in [4.78, 5) is 0. The quantitative estimate of drug-likeness (QED) is 0.679. The molecule has 2 N–H and O–H groups in total. The average molecular weight is 253 g/mol. The second-order valence-corrected chi connectivity index (χ2v) is 4.21. The molecule has 0 aliphatic heterocycles. The molecule has 1 atom stereocenters. The van der Waals surface area contributed by atoms with E-state index in [2.05, 4.69) is 0 Å². The van der Waals surface area contributed by atoms with Gasteiger partial charge < -0.3 is 19.9 Å². The van der Waals surface area contributed by atoms with Gasteiger partial charge in [0.1, 0.15) is 5.75 Å². The summed E-state index contributed by atoms with van der Waals surface area (Å²) >= 11 is 0. The Hall–Kier alpha value is -1.10. The van der Waals surface area contributed by atoms with Crippen LogP contribution in [0.5, 0.6) is 5.75 Å². The summed E-state index contributed by atoms with van der Waals surface area (Å²) in [6.07, 6.45) is 1.72. The SMILES string of the molecule is COCCOCCC(N)Cc1ccc(OC)cc1. The van der Waals surface area contributed by atoms with E-state index >= 15 is 0 Å². The predicted molar refractivity (Wildman–Crippen MR) is 72.0 cm³/mol. The van der Waals surface area contributed by atoms with Crippen LogP contribution in [0.2, 0.25) is 0 Å². The minimum atomic E-state index is 0.126. The number of rotatable bonds is 9. The first-order chi connectivity index (χ1) is 8.76. The molecule has 4 nitrogen and oxygen atoms in total. The molecule has 18 heavy (non-hydrogen) atoms. The van der Waals surface area contributed by atoms with Gasteiger partial charge in [-0.15, -0.1) is 0 Å². The van der Waals surface area contributed by atoms with Crippen LogP contribution in [0.25, 0.3) is 0 Å². The lowest BCUT2D eigenvalue weighted by Crippen LogP contribution is -2.25. The van der Waals surface area contributed by atoms with Gasteiger partial charge in [-0.1, -0.05) is 12.1 Å². The predicted octanol–water partition coefficient (Wildman–Crippen LogP) is 1.62. The third kappa shape index (κ3) is 6.00. The fourth-order valence-electron chi connectivity index (χ4n) is 1.65. The third-order valence-electron chi connectivity index (χ3n) is 2.72. The normalized spacial score (nSPS) is 12.4. The number of ether oxygens (including phenoxy) is 3.